The van der Waals surface area contributed by atoms with Gasteiger partial charge in [0, 0.05) is 18.7 Å². The van der Waals surface area contributed by atoms with Crippen molar-refractivity contribution in [3.63, 3.8) is 0 Å². The summed E-state index contributed by atoms with van der Waals surface area (Å²) >= 11 is 0. The number of nitrogens with one attached hydrogen (secondary N) is 1. The number of hydrogen-bond acceptors (Lipinski definition) is 4. The van der Waals surface area contributed by atoms with Crippen molar-refractivity contribution >= 4 is 11.4 Å². The fourth-order valence-electron chi connectivity index (χ4n) is 0.962. The Kier molecular flexibility index (Phi) is 3.47. The second-order valence-electron chi connectivity index (χ2n) is 2.53. The van der Waals surface area contributed by atoms with Gasteiger partial charge in [0.1, 0.15) is 11.4 Å². The summed E-state index contributed by atoms with van der Waals surface area (Å²) in [7, 11) is 0. The van der Waals surface area contributed by atoms with Crippen molar-refractivity contribution in [1.29, 1.82) is 0 Å². The van der Waals surface area contributed by atoms with Crippen LogP contribution in [0, 0.1) is 16.5 Å². The van der Waals surface area contributed by atoms with Crippen LogP contribution in [0.1, 0.15) is 0 Å². The molecule has 1 aromatic rings. The zero-order chi connectivity index (χ0) is 10.6. The minimum Gasteiger partial charge on any atom is -0.395 e. The molecule has 0 aliphatic carbocycles. The van der Waals surface area contributed by atoms with Gasteiger partial charge < -0.3 is 10.4 Å². The second-order valence-corrected chi connectivity index (χ2v) is 2.53. The minimum absolute atomic E-state index is 0.0295. The molecule has 0 bridgehead atoms. The summed E-state index contributed by atoms with van der Waals surface area (Å²) in [5.41, 5.74) is -0.680. The molecule has 0 aliphatic rings. The first-order valence-corrected chi connectivity index (χ1v) is 3.86. The number of nitroso groups, excluding NO2 is 1. The fraction of sp³-hybridized carbons (Fsp3) is 0.250. The van der Waals surface area contributed by atoms with E-state index in [0.29, 0.717) is 0 Å². The predicted molar refractivity (Wildman–Crippen MR) is 47.4 cm³/mol. The van der Waals surface area contributed by atoms with Crippen LogP contribution in [0.15, 0.2) is 17.3 Å². The molecule has 0 aromatic heterocycles. The van der Waals surface area contributed by atoms with Gasteiger partial charge in [-0.15, -0.1) is 4.91 Å². The van der Waals surface area contributed by atoms with Crippen LogP contribution in [0.5, 0.6) is 0 Å². The predicted octanol–water partition coefficient (Wildman–Crippen LogP) is 1.77. The minimum atomic E-state index is -0.909. The van der Waals surface area contributed by atoms with Crippen molar-refractivity contribution in [3.8, 4) is 0 Å². The molecule has 0 fully saturated rings. The van der Waals surface area contributed by atoms with Gasteiger partial charge >= 0.3 is 0 Å². The number of aliphatic hydroxyl groups is 1. The van der Waals surface area contributed by atoms with Crippen LogP contribution in [0.2, 0.25) is 0 Å². The maximum absolute atomic E-state index is 13.0. The smallest absolute Gasteiger partial charge is 0.151 e. The first-order chi connectivity index (χ1) is 6.69. The van der Waals surface area contributed by atoms with E-state index in [9.17, 15) is 13.7 Å². The standard InChI is InChI=1S/C8H8F2N2O2/c9-6-3-5(12-14)4-7(10)8(6)11-1-2-13/h3-4,11,13H,1-2H2. The molecule has 0 heterocycles. The van der Waals surface area contributed by atoms with Crippen LogP contribution < -0.4 is 5.32 Å². The lowest BCUT2D eigenvalue weighted by atomic mass is 10.2. The van der Waals surface area contributed by atoms with Gasteiger partial charge in [0.25, 0.3) is 0 Å². The summed E-state index contributed by atoms with van der Waals surface area (Å²) in [6.45, 7) is -0.214. The fourth-order valence-corrected chi connectivity index (χ4v) is 0.962. The van der Waals surface area contributed by atoms with E-state index in [4.69, 9.17) is 5.11 Å². The molecule has 0 saturated heterocycles. The first-order valence-electron chi connectivity index (χ1n) is 3.86. The van der Waals surface area contributed by atoms with E-state index in [-0.39, 0.29) is 24.5 Å². The highest BCUT2D eigenvalue weighted by atomic mass is 19.1. The molecule has 0 amide bonds. The van der Waals surface area contributed by atoms with Crippen LogP contribution >= 0.6 is 0 Å². The highest BCUT2D eigenvalue weighted by Gasteiger charge is 2.10. The Bertz CT molecular complexity index is 321. The molecule has 14 heavy (non-hydrogen) atoms. The molecule has 1 rings (SSSR count). The maximum atomic E-state index is 13.0. The van der Waals surface area contributed by atoms with Gasteiger partial charge in [0.15, 0.2) is 11.6 Å². The molecule has 0 unspecified atom stereocenters. The van der Waals surface area contributed by atoms with Crippen LogP contribution in [-0.4, -0.2) is 18.3 Å². The lowest BCUT2D eigenvalue weighted by molar-refractivity contribution is 0.310. The van der Waals surface area contributed by atoms with Gasteiger partial charge in [-0.1, -0.05) is 0 Å². The van der Waals surface area contributed by atoms with Crippen molar-refractivity contribution in [3.05, 3.63) is 28.7 Å². The van der Waals surface area contributed by atoms with E-state index in [0.717, 1.165) is 12.1 Å². The number of rotatable bonds is 4. The number of halogens is 2. The highest BCUT2D eigenvalue weighted by molar-refractivity contribution is 5.53. The topological polar surface area (TPSA) is 61.7 Å². The third kappa shape index (κ3) is 2.23. The molecule has 2 N–H and O–H groups in total. The molecular weight excluding hydrogens is 194 g/mol. The number of benzene rings is 1. The second kappa shape index (κ2) is 4.61. The van der Waals surface area contributed by atoms with Gasteiger partial charge in [0.2, 0.25) is 0 Å². The van der Waals surface area contributed by atoms with Crippen molar-refractivity contribution in [2.75, 3.05) is 18.5 Å². The number of anilines is 1. The number of aliphatic hydroxyl groups excluding tert-OH is 1. The van der Waals surface area contributed by atoms with Crippen molar-refractivity contribution < 1.29 is 13.9 Å². The summed E-state index contributed by atoms with van der Waals surface area (Å²) in [5, 5.41) is 13.2. The van der Waals surface area contributed by atoms with E-state index in [2.05, 4.69) is 10.5 Å². The molecule has 6 heteroatoms. The SMILES string of the molecule is O=Nc1cc(F)c(NCCO)c(F)c1. The van der Waals surface area contributed by atoms with Gasteiger partial charge in [0.05, 0.1) is 6.61 Å². The van der Waals surface area contributed by atoms with E-state index in [1.54, 1.807) is 0 Å². The van der Waals surface area contributed by atoms with E-state index >= 15 is 0 Å². The summed E-state index contributed by atoms with van der Waals surface area (Å²) in [5.74, 6) is -1.82. The molecule has 0 atom stereocenters. The van der Waals surface area contributed by atoms with Gasteiger partial charge in [-0.2, -0.15) is 0 Å². The summed E-state index contributed by atoms with van der Waals surface area (Å²) in [6, 6.07) is 1.63. The normalized spacial score (nSPS) is 9.93. The van der Waals surface area contributed by atoms with Crippen LogP contribution in [-0.2, 0) is 0 Å². The largest absolute Gasteiger partial charge is 0.395 e. The van der Waals surface area contributed by atoms with E-state index in [1.807, 2.05) is 0 Å². The monoisotopic (exact) mass is 202 g/mol. The van der Waals surface area contributed by atoms with Crippen molar-refractivity contribution in [1.82, 2.24) is 0 Å². The van der Waals surface area contributed by atoms with E-state index in [1.165, 1.54) is 0 Å². The van der Waals surface area contributed by atoms with Gasteiger partial charge in [-0.05, 0) is 5.18 Å². The molecule has 0 radical (unpaired) electrons. The van der Waals surface area contributed by atoms with Gasteiger partial charge in [-0.25, -0.2) is 8.78 Å². The molecular formula is C8H8F2N2O2. The van der Waals surface area contributed by atoms with Crippen LogP contribution in [0.25, 0.3) is 0 Å². The maximum Gasteiger partial charge on any atom is 0.151 e. The molecule has 0 aliphatic heterocycles. The first kappa shape index (κ1) is 10.5. The Morgan fingerprint density at radius 3 is 2.36 bits per heavy atom. The summed E-state index contributed by atoms with van der Waals surface area (Å²) in [6.07, 6.45) is 0. The summed E-state index contributed by atoms with van der Waals surface area (Å²) < 4.78 is 26.1. The number of hydrogen-bond donors (Lipinski definition) is 2. The quantitative estimate of drug-likeness (QED) is 0.731. The lowest BCUT2D eigenvalue weighted by Crippen LogP contribution is -2.08. The van der Waals surface area contributed by atoms with Crippen LogP contribution in [0.3, 0.4) is 0 Å². The molecule has 1 aromatic carbocycles. The molecule has 0 saturated carbocycles. The zero-order valence-corrected chi connectivity index (χ0v) is 7.13. The summed E-state index contributed by atoms with van der Waals surface area (Å²) in [4.78, 5) is 9.99. The zero-order valence-electron chi connectivity index (χ0n) is 7.13. The Balaban J connectivity index is 2.99. The Labute approximate surface area is 78.5 Å². The third-order valence-corrected chi connectivity index (χ3v) is 1.55. The Morgan fingerprint density at radius 2 is 1.93 bits per heavy atom. The van der Waals surface area contributed by atoms with E-state index < -0.39 is 11.6 Å². The molecule has 0 spiro atoms. The molecule has 4 nitrogen and oxygen atoms in total. The molecule has 76 valence electrons. The Hall–Kier alpha value is -1.56. The average molecular weight is 202 g/mol. The third-order valence-electron chi connectivity index (χ3n) is 1.55. The average Bonchev–Trinajstić information content (AvgIpc) is 2.16. The van der Waals surface area contributed by atoms with Crippen LogP contribution in [0.4, 0.5) is 20.2 Å². The lowest BCUT2D eigenvalue weighted by Gasteiger charge is -2.06. The highest BCUT2D eigenvalue weighted by Crippen LogP contribution is 2.24. The van der Waals surface area contributed by atoms with Gasteiger partial charge in [-0.3, -0.25) is 0 Å². The van der Waals surface area contributed by atoms with Crippen molar-refractivity contribution in [2.24, 2.45) is 5.18 Å². The Morgan fingerprint density at radius 1 is 1.36 bits per heavy atom. The van der Waals surface area contributed by atoms with Crippen molar-refractivity contribution in [2.45, 2.75) is 0 Å². The number of nitrogens with zero attached hydrogens (tertiary/aromatic N) is 1.